The summed E-state index contributed by atoms with van der Waals surface area (Å²) in [5.41, 5.74) is 9.66. The minimum absolute atomic E-state index is 0.229. The number of hydrogen-bond donors (Lipinski definition) is 1. The van der Waals surface area contributed by atoms with E-state index >= 15 is 0 Å². The van der Waals surface area contributed by atoms with Crippen LogP contribution in [0.2, 0.25) is 0 Å². The highest BCUT2D eigenvalue weighted by Crippen LogP contribution is 2.18. The van der Waals surface area contributed by atoms with E-state index in [1.807, 2.05) is 38.8 Å². The zero-order chi connectivity index (χ0) is 13.0. The molecule has 2 nitrogen and oxygen atoms in total. The molecule has 0 unspecified atom stereocenters. The molecule has 1 aromatic rings. The third kappa shape index (κ3) is 3.63. The summed E-state index contributed by atoms with van der Waals surface area (Å²) < 4.78 is 12.8. The Morgan fingerprint density at radius 1 is 1.18 bits per heavy atom. The molecule has 0 aliphatic carbocycles. The van der Waals surface area contributed by atoms with Gasteiger partial charge in [-0.1, -0.05) is 5.57 Å². The lowest BCUT2D eigenvalue weighted by Gasteiger charge is -2.20. The Bertz CT molecular complexity index is 440. The second-order valence-electron chi connectivity index (χ2n) is 4.28. The largest absolute Gasteiger partial charge is 0.399 e. The third-order valence-corrected chi connectivity index (χ3v) is 2.68. The molecule has 0 atom stereocenters. The molecule has 0 saturated heterocycles. The molecule has 17 heavy (non-hydrogen) atoms. The average Bonchev–Trinajstić information content (AvgIpc) is 2.28. The number of nitrogens with two attached hydrogens (primary N) is 1. The van der Waals surface area contributed by atoms with E-state index in [0.29, 0.717) is 0 Å². The summed E-state index contributed by atoms with van der Waals surface area (Å²) in [5.74, 6) is -0.229. The van der Waals surface area contributed by atoms with Crippen LogP contribution in [0.15, 0.2) is 47.3 Å². The first-order chi connectivity index (χ1) is 7.91. The SMILES string of the molecule is CC(C)=C(N)/C=C(/C)N(C)c1ccc(F)cc1. The van der Waals surface area contributed by atoms with Crippen molar-refractivity contribution in [1.82, 2.24) is 0 Å². The first kappa shape index (κ1) is 13.3. The zero-order valence-electron chi connectivity index (χ0n) is 10.8. The fourth-order valence-electron chi connectivity index (χ4n) is 1.33. The van der Waals surface area contributed by atoms with Crippen LogP contribution in [-0.4, -0.2) is 7.05 Å². The van der Waals surface area contributed by atoms with Gasteiger partial charge in [-0.25, -0.2) is 4.39 Å². The van der Waals surface area contributed by atoms with Crippen LogP contribution >= 0.6 is 0 Å². The van der Waals surface area contributed by atoms with Crippen LogP contribution in [-0.2, 0) is 0 Å². The lowest BCUT2D eigenvalue weighted by atomic mass is 10.2. The summed E-state index contributed by atoms with van der Waals surface area (Å²) in [4.78, 5) is 1.97. The smallest absolute Gasteiger partial charge is 0.123 e. The van der Waals surface area contributed by atoms with Crippen molar-refractivity contribution in [3.05, 3.63) is 53.1 Å². The standard InChI is InChI=1S/C14H19FN2/c1-10(2)14(16)9-11(3)17(4)13-7-5-12(15)6-8-13/h5-9H,16H2,1-4H3/b11-9-. The molecule has 1 aromatic carbocycles. The van der Waals surface area contributed by atoms with Crippen molar-refractivity contribution in [2.75, 3.05) is 11.9 Å². The molecular weight excluding hydrogens is 215 g/mol. The van der Waals surface area contributed by atoms with Crippen molar-refractivity contribution in [2.45, 2.75) is 20.8 Å². The highest BCUT2D eigenvalue weighted by atomic mass is 19.1. The van der Waals surface area contributed by atoms with Gasteiger partial charge in [0.1, 0.15) is 5.82 Å². The van der Waals surface area contributed by atoms with Crippen molar-refractivity contribution in [3.8, 4) is 0 Å². The highest BCUT2D eigenvalue weighted by Gasteiger charge is 2.03. The van der Waals surface area contributed by atoms with Crippen molar-refractivity contribution in [1.29, 1.82) is 0 Å². The Kier molecular flexibility index (Phi) is 4.32. The van der Waals surface area contributed by atoms with E-state index < -0.39 is 0 Å². The Hall–Kier alpha value is -1.77. The molecule has 0 aliphatic heterocycles. The van der Waals surface area contributed by atoms with E-state index in [0.717, 1.165) is 22.7 Å². The summed E-state index contributed by atoms with van der Waals surface area (Å²) in [6.07, 6.45) is 1.92. The lowest BCUT2D eigenvalue weighted by Crippen LogP contribution is -2.15. The van der Waals surface area contributed by atoms with Crippen LogP contribution in [0.1, 0.15) is 20.8 Å². The minimum Gasteiger partial charge on any atom is -0.399 e. The molecule has 0 saturated carbocycles. The molecule has 0 heterocycles. The monoisotopic (exact) mass is 234 g/mol. The Labute approximate surface area is 102 Å². The van der Waals surface area contributed by atoms with Gasteiger partial charge in [0.15, 0.2) is 0 Å². The fourth-order valence-corrected chi connectivity index (χ4v) is 1.33. The number of hydrogen-bond acceptors (Lipinski definition) is 2. The predicted molar refractivity (Wildman–Crippen MR) is 71.1 cm³/mol. The number of allylic oxidation sites excluding steroid dienone is 3. The maximum Gasteiger partial charge on any atom is 0.123 e. The molecule has 0 amide bonds. The maximum absolute atomic E-state index is 12.8. The summed E-state index contributed by atoms with van der Waals surface area (Å²) in [6, 6.07) is 6.38. The van der Waals surface area contributed by atoms with Gasteiger partial charge >= 0.3 is 0 Å². The third-order valence-electron chi connectivity index (χ3n) is 2.68. The first-order valence-electron chi connectivity index (χ1n) is 5.52. The summed E-state index contributed by atoms with van der Waals surface area (Å²) in [6.45, 7) is 5.91. The van der Waals surface area contributed by atoms with Crippen LogP contribution in [0.3, 0.4) is 0 Å². The lowest BCUT2D eigenvalue weighted by molar-refractivity contribution is 0.628. The molecule has 0 radical (unpaired) electrons. The summed E-state index contributed by atoms with van der Waals surface area (Å²) in [5, 5.41) is 0. The van der Waals surface area contributed by atoms with Crippen molar-refractivity contribution >= 4 is 5.69 Å². The highest BCUT2D eigenvalue weighted by molar-refractivity contribution is 5.51. The van der Waals surface area contributed by atoms with Gasteiger partial charge in [-0.3, -0.25) is 0 Å². The van der Waals surface area contributed by atoms with E-state index in [-0.39, 0.29) is 5.82 Å². The molecule has 0 fully saturated rings. The molecule has 0 aliphatic rings. The number of anilines is 1. The van der Waals surface area contributed by atoms with Gasteiger partial charge in [0.25, 0.3) is 0 Å². The zero-order valence-corrected chi connectivity index (χ0v) is 10.8. The fraction of sp³-hybridized carbons (Fsp3) is 0.286. The van der Waals surface area contributed by atoms with Crippen LogP contribution in [0.25, 0.3) is 0 Å². The molecule has 0 spiro atoms. The molecule has 2 N–H and O–H groups in total. The topological polar surface area (TPSA) is 29.3 Å². The molecule has 3 heteroatoms. The van der Waals surface area contributed by atoms with Gasteiger partial charge in [0.05, 0.1) is 0 Å². The van der Waals surface area contributed by atoms with Gasteiger partial charge in [-0.2, -0.15) is 0 Å². The van der Waals surface area contributed by atoms with Gasteiger partial charge in [0.2, 0.25) is 0 Å². The van der Waals surface area contributed by atoms with Gasteiger partial charge in [-0.05, 0) is 51.1 Å². The van der Waals surface area contributed by atoms with Crippen LogP contribution < -0.4 is 10.6 Å². The van der Waals surface area contributed by atoms with E-state index in [9.17, 15) is 4.39 Å². The van der Waals surface area contributed by atoms with Crippen LogP contribution in [0.5, 0.6) is 0 Å². The average molecular weight is 234 g/mol. The van der Waals surface area contributed by atoms with E-state index in [1.165, 1.54) is 12.1 Å². The normalized spacial score (nSPS) is 11.2. The molecule has 0 aromatic heterocycles. The van der Waals surface area contributed by atoms with Gasteiger partial charge < -0.3 is 10.6 Å². The second kappa shape index (κ2) is 5.53. The number of rotatable bonds is 3. The van der Waals surface area contributed by atoms with E-state index in [1.54, 1.807) is 12.1 Å². The molecule has 92 valence electrons. The van der Waals surface area contributed by atoms with Crippen LogP contribution in [0.4, 0.5) is 10.1 Å². The quantitative estimate of drug-likeness (QED) is 0.812. The molecule has 1 rings (SSSR count). The Balaban J connectivity index is 2.94. The van der Waals surface area contributed by atoms with E-state index in [2.05, 4.69) is 0 Å². The Morgan fingerprint density at radius 2 is 1.71 bits per heavy atom. The van der Waals surface area contributed by atoms with Crippen molar-refractivity contribution in [2.24, 2.45) is 5.73 Å². The van der Waals surface area contributed by atoms with Crippen molar-refractivity contribution < 1.29 is 4.39 Å². The molecular formula is C14H19FN2. The number of halogens is 1. The summed E-state index contributed by atoms with van der Waals surface area (Å²) in [7, 11) is 1.93. The maximum atomic E-state index is 12.8. The first-order valence-corrected chi connectivity index (χ1v) is 5.52. The van der Waals surface area contributed by atoms with Gasteiger partial charge in [-0.15, -0.1) is 0 Å². The second-order valence-corrected chi connectivity index (χ2v) is 4.28. The summed E-state index contributed by atoms with van der Waals surface area (Å²) >= 11 is 0. The number of nitrogens with zero attached hydrogens (tertiary/aromatic N) is 1. The van der Waals surface area contributed by atoms with Crippen molar-refractivity contribution in [3.63, 3.8) is 0 Å². The Morgan fingerprint density at radius 3 is 2.18 bits per heavy atom. The van der Waals surface area contributed by atoms with Crippen LogP contribution in [0, 0.1) is 5.82 Å². The molecule has 0 bridgehead atoms. The van der Waals surface area contributed by atoms with E-state index in [4.69, 9.17) is 5.73 Å². The number of benzene rings is 1. The minimum atomic E-state index is -0.229. The predicted octanol–water partition coefficient (Wildman–Crippen LogP) is 3.42. The van der Waals surface area contributed by atoms with Gasteiger partial charge in [0, 0.05) is 24.1 Å².